The van der Waals surface area contributed by atoms with Crippen LogP contribution < -0.4 is 25.2 Å². The van der Waals surface area contributed by atoms with E-state index in [1.807, 2.05) is 57.5 Å². The van der Waals surface area contributed by atoms with Crippen molar-refractivity contribution in [3.8, 4) is 22.3 Å². The Morgan fingerprint density at radius 3 is 2.01 bits per heavy atom. The number of carbonyl (C=O) groups is 4. The highest BCUT2D eigenvalue weighted by Gasteiger charge is 2.51. The Balaban J connectivity index is 0.777. The molecule has 2 aliphatic rings. The largest absolute Gasteiger partial charge is 0.491 e. The number of halogens is 3. The number of amides is 4. The van der Waals surface area contributed by atoms with Gasteiger partial charge >= 0.3 is 6.18 Å². The first-order chi connectivity index (χ1) is 35.7. The van der Waals surface area contributed by atoms with Gasteiger partial charge in [0.15, 0.2) is 5.11 Å². The quantitative estimate of drug-likeness (QED) is 0.0473. The van der Waals surface area contributed by atoms with Gasteiger partial charge in [-0.05, 0) is 105 Å². The van der Waals surface area contributed by atoms with E-state index in [9.17, 15) is 37.6 Å². The van der Waals surface area contributed by atoms with Crippen LogP contribution in [0.4, 0.5) is 24.5 Å². The summed E-state index contributed by atoms with van der Waals surface area (Å²) in [6.07, 6.45) is -3.59. The van der Waals surface area contributed by atoms with Gasteiger partial charge < -0.3 is 48.9 Å². The summed E-state index contributed by atoms with van der Waals surface area (Å²) < 4.78 is 74.6. The van der Waals surface area contributed by atoms with Crippen molar-refractivity contribution in [3.63, 3.8) is 0 Å². The van der Waals surface area contributed by atoms with E-state index in [1.165, 1.54) is 6.07 Å². The SMILES string of the molecule is Cc1ncsc1-c1ccc(CNC(=O)[C@@H]2CCCN2C(=O)[C@@H](NC(=O)COCCOCCOCCOCCOCCOc2ccc(N3C(=S)N(c4ccc(C#N)c(C(F)(F)F)c4)C(=O)C3(C)C)cc2)C(C)(C)C)cc1. The van der Waals surface area contributed by atoms with E-state index < -0.39 is 52.2 Å². The van der Waals surface area contributed by atoms with Gasteiger partial charge in [0, 0.05) is 18.8 Å². The lowest BCUT2D eigenvalue weighted by molar-refractivity contribution is -0.144. The third kappa shape index (κ3) is 15.5. The smallest absolute Gasteiger partial charge is 0.417 e. The fraction of sp³-hybridized carbons (Fsp3) is 0.491. The van der Waals surface area contributed by atoms with E-state index in [0.717, 1.165) is 38.7 Å². The number of anilines is 2. The highest BCUT2D eigenvalue weighted by atomic mass is 32.1. The third-order valence-corrected chi connectivity index (χ3v) is 13.7. The van der Waals surface area contributed by atoms with Gasteiger partial charge in [-0.1, -0.05) is 45.0 Å². The molecule has 2 saturated heterocycles. The fourth-order valence-electron chi connectivity index (χ4n) is 8.39. The molecule has 4 amide bonds. The number of thiazole rings is 1. The molecule has 0 spiro atoms. The first-order valence-electron chi connectivity index (χ1n) is 24.5. The zero-order valence-corrected chi connectivity index (χ0v) is 44.6. The number of ether oxygens (including phenoxy) is 6. The summed E-state index contributed by atoms with van der Waals surface area (Å²) >= 11 is 7.19. The zero-order valence-electron chi connectivity index (χ0n) is 43.0. The Morgan fingerprint density at radius 2 is 1.45 bits per heavy atom. The number of likely N-dealkylation sites (tertiary alicyclic amines) is 1. The van der Waals surface area contributed by atoms with Crippen LogP contribution in [0.5, 0.6) is 5.75 Å². The van der Waals surface area contributed by atoms with Gasteiger partial charge in [-0.15, -0.1) is 11.3 Å². The molecular formula is C53H64F3N7O10S2. The fourth-order valence-corrected chi connectivity index (χ4v) is 9.73. The van der Waals surface area contributed by atoms with Gasteiger partial charge in [0.2, 0.25) is 17.7 Å². The second-order valence-electron chi connectivity index (χ2n) is 19.2. The summed E-state index contributed by atoms with van der Waals surface area (Å²) in [5, 5.41) is 15.0. The number of aryl methyl sites for hydroxylation is 1. The number of hydrogen-bond acceptors (Lipinski definition) is 14. The van der Waals surface area contributed by atoms with Crippen molar-refractivity contribution < 1.29 is 60.8 Å². The average Bonchev–Trinajstić information content (AvgIpc) is 4.09. The van der Waals surface area contributed by atoms with Gasteiger partial charge in [0.1, 0.15) is 36.6 Å². The van der Waals surface area contributed by atoms with Crippen LogP contribution in [0.25, 0.3) is 10.4 Å². The topological polar surface area (TPSA) is 194 Å². The number of rotatable bonds is 26. The van der Waals surface area contributed by atoms with Crippen LogP contribution in [0.15, 0.2) is 72.2 Å². The molecule has 0 saturated carbocycles. The standard InChI is InChI=1S/C53H64F3N7O10S2/c1-35-45(75-34-59-35)37-11-9-36(10-12-37)32-58-47(65)43-8-7-19-61(43)48(66)46(51(2,3)4)60-44(64)33-72-27-26-70-23-22-68-20-21-69-24-25-71-28-29-73-41-17-15-39(16-18-41)63-50(74)62(49(67)52(63,5)6)40-14-13-38(31-57)42(30-40)53(54,55)56/h9-18,30,34,43,46H,7-8,19-29,32-33H2,1-6H3,(H,58,65)(H,60,64)/t43-,46+/m0/s1. The molecule has 0 unspecified atom stereocenters. The number of nitrogens with zero attached hydrogens (tertiary/aromatic N) is 5. The number of carbonyl (C=O) groups excluding carboxylic acids is 4. The first-order valence-corrected chi connectivity index (χ1v) is 25.8. The Labute approximate surface area is 444 Å². The zero-order chi connectivity index (χ0) is 54.3. The van der Waals surface area contributed by atoms with Crippen LogP contribution in [0.3, 0.4) is 0 Å². The number of hydrogen-bond donors (Lipinski definition) is 2. The van der Waals surface area contributed by atoms with E-state index in [2.05, 4.69) is 15.6 Å². The van der Waals surface area contributed by atoms with Crippen LogP contribution in [-0.4, -0.2) is 135 Å². The molecule has 3 aromatic carbocycles. The minimum Gasteiger partial charge on any atom is -0.491 e. The van der Waals surface area contributed by atoms with E-state index in [4.69, 9.17) is 40.6 Å². The van der Waals surface area contributed by atoms with Crippen LogP contribution in [-0.2, 0) is 55.6 Å². The summed E-state index contributed by atoms with van der Waals surface area (Å²) in [7, 11) is 0. The first kappa shape index (κ1) is 58.2. The normalized spacial score (nSPS) is 16.1. The van der Waals surface area contributed by atoms with Crippen molar-refractivity contribution in [2.24, 2.45) is 5.41 Å². The minimum atomic E-state index is -4.80. The lowest BCUT2D eigenvalue weighted by Crippen LogP contribution is -2.58. The van der Waals surface area contributed by atoms with Gasteiger partial charge in [0.25, 0.3) is 5.91 Å². The predicted octanol–water partition coefficient (Wildman–Crippen LogP) is 7.23. The molecule has 1 aromatic heterocycles. The van der Waals surface area contributed by atoms with Gasteiger partial charge in [-0.25, -0.2) is 4.98 Å². The molecule has 3 heterocycles. The van der Waals surface area contributed by atoms with Crippen LogP contribution >= 0.6 is 23.6 Å². The molecule has 404 valence electrons. The molecule has 22 heteroatoms. The molecule has 2 N–H and O–H groups in total. The van der Waals surface area contributed by atoms with E-state index in [1.54, 1.807) is 65.3 Å². The maximum absolute atomic E-state index is 13.9. The van der Waals surface area contributed by atoms with E-state index in [-0.39, 0.29) is 55.6 Å². The Kier molecular flexibility index (Phi) is 20.7. The molecule has 0 aliphatic carbocycles. The summed E-state index contributed by atoms with van der Waals surface area (Å²) in [6.45, 7) is 14.2. The maximum Gasteiger partial charge on any atom is 0.417 e. The molecule has 6 rings (SSSR count). The van der Waals surface area contributed by atoms with Crippen molar-refractivity contribution in [2.75, 3.05) is 89.0 Å². The van der Waals surface area contributed by atoms with Crippen molar-refractivity contribution in [2.45, 2.75) is 84.7 Å². The molecule has 4 aromatic rings. The molecule has 0 radical (unpaired) electrons. The van der Waals surface area contributed by atoms with E-state index in [0.29, 0.717) is 77.0 Å². The van der Waals surface area contributed by atoms with Crippen LogP contribution in [0.2, 0.25) is 0 Å². The van der Waals surface area contributed by atoms with Crippen LogP contribution in [0, 0.1) is 23.7 Å². The number of benzene rings is 3. The molecule has 2 aliphatic heterocycles. The van der Waals surface area contributed by atoms with Crippen molar-refractivity contribution in [1.29, 1.82) is 5.26 Å². The summed E-state index contributed by atoms with van der Waals surface area (Å²) in [5.41, 5.74) is 1.67. The molecule has 2 atom stereocenters. The van der Waals surface area contributed by atoms with Crippen molar-refractivity contribution in [3.05, 3.63) is 94.6 Å². The number of nitriles is 1. The van der Waals surface area contributed by atoms with Crippen molar-refractivity contribution in [1.82, 2.24) is 20.5 Å². The highest BCUT2D eigenvalue weighted by molar-refractivity contribution is 7.81. The Morgan fingerprint density at radius 1 is 0.867 bits per heavy atom. The lowest BCUT2D eigenvalue weighted by atomic mass is 9.85. The number of alkyl halides is 3. The molecular weight excluding hydrogens is 1020 g/mol. The molecule has 0 bridgehead atoms. The number of aromatic nitrogens is 1. The summed E-state index contributed by atoms with van der Waals surface area (Å²) in [4.78, 5) is 63.3. The summed E-state index contributed by atoms with van der Waals surface area (Å²) in [6, 6.07) is 17.8. The lowest BCUT2D eigenvalue weighted by Gasteiger charge is -2.35. The molecule has 17 nitrogen and oxygen atoms in total. The highest BCUT2D eigenvalue weighted by Crippen LogP contribution is 2.40. The Hall–Kier alpha value is -6.06. The third-order valence-electron chi connectivity index (χ3n) is 12.4. The molecule has 2 fully saturated rings. The summed E-state index contributed by atoms with van der Waals surface area (Å²) in [5.74, 6) is -0.982. The van der Waals surface area contributed by atoms with Crippen molar-refractivity contribution >= 4 is 63.7 Å². The Bertz CT molecular complexity index is 2640. The van der Waals surface area contributed by atoms with Crippen LogP contribution in [0.1, 0.15) is 69.8 Å². The second kappa shape index (κ2) is 26.6. The van der Waals surface area contributed by atoms with Gasteiger partial charge in [-0.3, -0.25) is 24.1 Å². The average molecular weight is 1080 g/mol. The predicted molar refractivity (Wildman–Crippen MR) is 279 cm³/mol. The second-order valence-corrected chi connectivity index (χ2v) is 20.5. The van der Waals surface area contributed by atoms with Gasteiger partial charge in [0.05, 0.1) is 98.4 Å². The number of nitrogens with one attached hydrogen (secondary N) is 2. The minimum absolute atomic E-state index is 0.00971. The van der Waals surface area contributed by atoms with Gasteiger partial charge in [-0.2, -0.15) is 18.4 Å². The number of thiocarbonyl (C=S) groups is 1. The monoisotopic (exact) mass is 1080 g/mol. The molecule has 75 heavy (non-hydrogen) atoms. The van der Waals surface area contributed by atoms with E-state index >= 15 is 0 Å². The maximum atomic E-state index is 13.9.